The van der Waals surface area contributed by atoms with Gasteiger partial charge in [-0.25, -0.2) is 8.42 Å². The van der Waals surface area contributed by atoms with Gasteiger partial charge < -0.3 is 10.2 Å². The second kappa shape index (κ2) is 14.9. The van der Waals surface area contributed by atoms with E-state index in [0.29, 0.717) is 15.6 Å². The van der Waals surface area contributed by atoms with Gasteiger partial charge in [-0.2, -0.15) is 13.2 Å². The predicted octanol–water partition coefficient (Wildman–Crippen LogP) is 7.11. The molecule has 0 saturated heterocycles. The van der Waals surface area contributed by atoms with Gasteiger partial charge in [0.25, 0.3) is 0 Å². The molecule has 1 atom stereocenters. The summed E-state index contributed by atoms with van der Waals surface area (Å²) in [5, 5.41) is 3.64. The Morgan fingerprint density at radius 3 is 2.18 bits per heavy atom. The summed E-state index contributed by atoms with van der Waals surface area (Å²) in [6, 6.07) is 17.0. The monoisotopic (exact) mass is 685 g/mol. The summed E-state index contributed by atoms with van der Waals surface area (Å²) in [4.78, 5) is 29.1. The number of benzene rings is 3. The van der Waals surface area contributed by atoms with E-state index in [1.165, 1.54) is 17.0 Å². The first-order valence-corrected chi connectivity index (χ1v) is 16.7. The maximum Gasteiger partial charge on any atom is 0.416 e. The maximum atomic E-state index is 13.9. The van der Waals surface area contributed by atoms with Gasteiger partial charge in [-0.1, -0.05) is 65.7 Å². The molecule has 0 aliphatic carbocycles. The Morgan fingerprint density at radius 2 is 1.60 bits per heavy atom. The second-order valence-corrected chi connectivity index (χ2v) is 14.4. The number of hydrogen-bond donors (Lipinski definition) is 1. The minimum absolute atomic E-state index is 0.0358. The number of halogens is 5. The fourth-order valence-electron chi connectivity index (χ4n) is 4.68. The van der Waals surface area contributed by atoms with Gasteiger partial charge in [-0.15, -0.1) is 0 Å². The average molecular weight is 687 g/mol. The molecule has 0 bridgehead atoms. The number of rotatable bonds is 12. The van der Waals surface area contributed by atoms with Crippen LogP contribution in [0.3, 0.4) is 0 Å². The Kier molecular flexibility index (Phi) is 12.0. The molecule has 244 valence electrons. The van der Waals surface area contributed by atoms with Crippen LogP contribution in [0.2, 0.25) is 10.0 Å². The van der Waals surface area contributed by atoms with Crippen molar-refractivity contribution in [2.75, 3.05) is 17.1 Å². The third kappa shape index (κ3) is 10.9. The van der Waals surface area contributed by atoms with Crippen molar-refractivity contribution in [2.45, 2.75) is 64.3 Å². The molecular formula is C32H36Cl2F3N3O4S. The standard InChI is InChI=1S/C32H36Cl2F3N3O4S/c1-31(2,3)38-30(42)28(18-22-10-6-5-7-11-22)39(21-23-15-16-25(33)20-27(23)34)29(41)14-9-17-40(45(4,43)44)26-13-8-12-24(19-26)32(35,36)37/h5-8,10-13,15-16,19-20,28H,9,14,17-18,21H2,1-4H3,(H,38,42)/t28-/m1/s1. The van der Waals surface area contributed by atoms with Crippen LogP contribution < -0.4 is 9.62 Å². The Labute approximate surface area is 272 Å². The molecule has 0 heterocycles. The van der Waals surface area contributed by atoms with Crippen LogP contribution in [-0.4, -0.2) is 49.5 Å². The van der Waals surface area contributed by atoms with Crippen LogP contribution in [0.15, 0.2) is 72.8 Å². The van der Waals surface area contributed by atoms with Crippen molar-refractivity contribution in [3.8, 4) is 0 Å². The molecular weight excluding hydrogens is 650 g/mol. The van der Waals surface area contributed by atoms with E-state index < -0.39 is 45.2 Å². The maximum absolute atomic E-state index is 13.9. The van der Waals surface area contributed by atoms with Gasteiger partial charge in [0.1, 0.15) is 6.04 Å². The summed E-state index contributed by atoms with van der Waals surface area (Å²) in [6.07, 6.45) is -3.84. The number of anilines is 1. The van der Waals surface area contributed by atoms with E-state index in [9.17, 15) is 31.2 Å². The molecule has 0 radical (unpaired) electrons. The highest BCUT2D eigenvalue weighted by Gasteiger charge is 2.34. The fourth-order valence-corrected chi connectivity index (χ4v) is 6.11. The van der Waals surface area contributed by atoms with Crippen molar-refractivity contribution >= 4 is 50.7 Å². The minimum atomic E-state index is -4.67. The topological polar surface area (TPSA) is 86.8 Å². The fraction of sp³-hybridized carbons (Fsp3) is 0.375. The van der Waals surface area contributed by atoms with Gasteiger partial charge in [-0.3, -0.25) is 13.9 Å². The number of carbonyl (C=O) groups excluding carboxylic acids is 2. The van der Waals surface area contributed by atoms with Crippen molar-refractivity contribution in [1.82, 2.24) is 10.2 Å². The molecule has 0 unspecified atom stereocenters. The first-order valence-electron chi connectivity index (χ1n) is 14.1. The molecule has 2 amide bonds. The van der Waals surface area contributed by atoms with E-state index in [2.05, 4.69) is 5.32 Å². The molecule has 3 aromatic rings. The molecule has 13 heteroatoms. The van der Waals surface area contributed by atoms with Crippen LogP contribution in [-0.2, 0) is 38.8 Å². The second-order valence-electron chi connectivity index (χ2n) is 11.7. The first kappa shape index (κ1) is 36.2. The zero-order valence-electron chi connectivity index (χ0n) is 25.4. The predicted molar refractivity (Wildman–Crippen MR) is 172 cm³/mol. The SMILES string of the molecule is CC(C)(C)NC(=O)[C@@H](Cc1ccccc1)N(Cc1ccc(Cl)cc1Cl)C(=O)CCCN(c1cccc(C(F)(F)F)c1)S(C)(=O)=O. The lowest BCUT2D eigenvalue weighted by Crippen LogP contribution is -2.54. The van der Waals surface area contributed by atoms with E-state index in [-0.39, 0.29) is 38.0 Å². The highest BCUT2D eigenvalue weighted by atomic mass is 35.5. The normalized spacial score (nSPS) is 12.8. The van der Waals surface area contributed by atoms with Crippen LogP contribution in [0.4, 0.5) is 18.9 Å². The van der Waals surface area contributed by atoms with Crippen LogP contribution >= 0.6 is 23.2 Å². The minimum Gasteiger partial charge on any atom is -0.350 e. The van der Waals surface area contributed by atoms with Gasteiger partial charge in [0.05, 0.1) is 17.5 Å². The summed E-state index contributed by atoms with van der Waals surface area (Å²) < 4.78 is 66.1. The Balaban J connectivity index is 1.95. The third-order valence-corrected chi connectivity index (χ3v) is 8.52. The highest BCUT2D eigenvalue weighted by Crippen LogP contribution is 2.32. The van der Waals surface area contributed by atoms with Crippen molar-refractivity contribution in [3.63, 3.8) is 0 Å². The summed E-state index contributed by atoms with van der Waals surface area (Å²) in [6.45, 7) is 5.15. The van der Waals surface area contributed by atoms with Gasteiger partial charge in [0, 0.05) is 41.5 Å². The Morgan fingerprint density at radius 1 is 0.933 bits per heavy atom. The van der Waals surface area contributed by atoms with Crippen LogP contribution in [0, 0.1) is 0 Å². The molecule has 3 rings (SSSR count). The summed E-state index contributed by atoms with van der Waals surface area (Å²) in [7, 11) is -4.00. The Hall–Kier alpha value is -3.28. The third-order valence-electron chi connectivity index (χ3n) is 6.74. The molecule has 7 nitrogen and oxygen atoms in total. The van der Waals surface area contributed by atoms with Crippen LogP contribution in [0.5, 0.6) is 0 Å². The number of nitrogens with zero attached hydrogens (tertiary/aromatic N) is 2. The summed E-state index contributed by atoms with van der Waals surface area (Å²) in [5.41, 5.74) is -0.433. The van der Waals surface area contributed by atoms with E-state index in [0.717, 1.165) is 34.3 Å². The summed E-state index contributed by atoms with van der Waals surface area (Å²) in [5.74, 6) is -0.866. The number of carbonyl (C=O) groups is 2. The zero-order chi connectivity index (χ0) is 33.6. The van der Waals surface area contributed by atoms with Gasteiger partial charge in [0.2, 0.25) is 21.8 Å². The number of alkyl halides is 3. The smallest absolute Gasteiger partial charge is 0.350 e. The van der Waals surface area contributed by atoms with Crippen molar-refractivity contribution in [1.29, 1.82) is 0 Å². The highest BCUT2D eigenvalue weighted by molar-refractivity contribution is 7.92. The lowest BCUT2D eigenvalue weighted by molar-refractivity contribution is -0.142. The van der Waals surface area contributed by atoms with Gasteiger partial charge in [0.15, 0.2) is 0 Å². The molecule has 45 heavy (non-hydrogen) atoms. The van der Waals surface area contributed by atoms with E-state index in [1.807, 2.05) is 51.1 Å². The van der Waals surface area contributed by atoms with Gasteiger partial charge in [-0.05, 0) is 68.7 Å². The first-order chi connectivity index (χ1) is 20.8. The molecule has 0 aromatic heterocycles. The molecule has 0 aliphatic heterocycles. The number of sulfonamides is 1. The summed E-state index contributed by atoms with van der Waals surface area (Å²) >= 11 is 12.5. The molecule has 1 N–H and O–H groups in total. The molecule has 0 aliphatic rings. The van der Waals surface area contributed by atoms with Crippen molar-refractivity contribution in [2.24, 2.45) is 0 Å². The van der Waals surface area contributed by atoms with Crippen LogP contribution in [0.1, 0.15) is 50.3 Å². The van der Waals surface area contributed by atoms with Crippen molar-refractivity contribution in [3.05, 3.63) is 99.5 Å². The van der Waals surface area contributed by atoms with Crippen LogP contribution in [0.25, 0.3) is 0 Å². The van der Waals surface area contributed by atoms with E-state index in [4.69, 9.17) is 23.2 Å². The molecule has 0 saturated carbocycles. The zero-order valence-corrected chi connectivity index (χ0v) is 27.7. The number of amides is 2. The quantitative estimate of drug-likeness (QED) is 0.220. The molecule has 3 aromatic carbocycles. The van der Waals surface area contributed by atoms with E-state index >= 15 is 0 Å². The number of nitrogens with one attached hydrogen (secondary N) is 1. The van der Waals surface area contributed by atoms with Gasteiger partial charge >= 0.3 is 6.18 Å². The van der Waals surface area contributed by atoms with E-state index in [1.54, 1.807) is 12.1 Å². The average Bonchev–Trinajstić information content (AvgIpc) is 2.92. The largest absolute Gasteiger partial charge is 0.416 e. The Bertz CT molecular complexity index is 1600. The number of hydrogen-bond acceptors (Lipinski definition) is 4. The van der Waals surface area contributed by atoms with Crippen molar-refractivity contribution < 1.29 is 31.2 Å². The molecule has 0 fully saturated rings. The lowest BCUT2D eigenvalue weighted by atomic mass is 10.00. The lowest BCUT2D eigenvalue weighted by Gasteiger charge is -2.34. The molecule has 0 spiro atoms.